The van der Waals surface area contributed by atoms with Crippen LogP contribution in [-0.2, 0) is 13.1 Å². The van der Waals surface area contributed by atoms with Crippen molar-refractivity contribution >= 4 is 0 Å². The summed E-state index contributed by atoms with van der Waals surface area (Å²) in [5.74, 6) is 2.19. The van der Waals surface area contributed by atoms with Crippen molar-refractivity contribution in [2.75, 3.05) is 13.2 Å². The number of para-hydroxylation sites is 4. The first-order valence-electron chi connectivity index (χ1n) is 17.1. The highest BCUT2D eigenvalue weighted by Gasteiger charge is 2.25. The van der Waals surface area contributed by atoms with E-state index < -0.39 is 0 Å². The second-order valence-corrected chi connectivity index (χ2v) is 12.3. The van der Waals surface area contributed by atoms with Crippen LogP contribution < -0.4 is 20.1 Å². The molecule has 1 fully saturated rings. The molecule has 0 bridgehead atoms. The molecule has 0 aliphatic heterocycles. The van der Waals surface area contributed by atoms with Crippen molar-refractivity contribution in [2.45, 2.75) is 90.4 Å². The highest BCUT2D eigenvalue weighted by atomic mass is 16.5. The van der Waals surface area contributed by atoms with Crippen LogP contribution in [-0.4, -0.2) is 35.5 Å². The monoisotopic (exact) mass is 622 g/mol. The Morgan fingerprint density at radius 3 is 1.41 bits per heavy atom. The molecule has 0 spiro atoms. The molecule has 0 heterocycles. The van der Waals surface area contributed by atoms with Gasteiger partial charge in [-0.3, -0.25) is 0 Å². The average Bonchev–Trinajstić information content (AvgIpc) is 3.09. The number of ether oxygens (including phenoxy) is 2. The smallest absolute Gasteiger partial charge is 0.128 e. The van der Waals surface area contributed by atoms with Crippen LogP contribution in [0.15, 0.2) is 84.9 Å². The molecule has 1 unspecified atom stereocenters. The topological polar surface area (TPSA) is 83.0 Å². The van der Waals surface area contributed by atoms with Gasteiger partial charge in [0.05, 0.1) is 13.2 Å². The quantitative estimate of drug-likeness (QED) is 0.0934. The summed E-state index contributed by atoms with van der Waals surface area (Å²) in [6, 6.07) is 28.3. The van der Waals surface area contributed by atoms with Gasteiger partial charge < -0.3 is 30.3 Å². The third-order valence-corrected chi connectivity index (χ3v) is 8.98. The van der Waals surface area contributed by atoms with E-state index in [9.17, 15) is 10.2 Å². The highest BCUT2D eigenvalue weighted by Crippen LogP contribution is 2.39. The zero-order valence-corrected chi connectivity index (χ0v) is 27.4. The van der Waals surface area contributed by atoms with Gasteiger partial charge in [-0.2, -0.15) is 0 Å². The SMILES string of the molecule is CCCCOc1ccccc1-c1cccc(CNC2CCCC[C@H]2NCc2cccc(-c3ccccc3OCCCC)c2O)c1O. The minimum absolute atomic E-state index is 0.250. The number of benzene rings is 4. The summed E-state index contributed by atoms with van der Waals surface area (Å²) >= 11 is 0. The van der Waals surface area contributed by atoms with Gasteiger partial charge in [0.25, 0.3) is 0 Å². The Bertz CT molecular complexity index is 1420. The minimum Gasteiger partial charge on any atom is -0.507 e. The van der Waals surface area contributed by atoms with Crippen molar-refractivity contribution in [1.29, 1.82) is 0 Å². The first-order chi connectivity index (χ1) is 22.6. The van der Waals surface area contributed by atoms with E-state index in [2.05, 4.69) is 24.5 Å². The molecule has 244 valence electrons. The summed E-state index contributed by atoms with van der Waals surface area (Å²) in [4.78, 5) is 0. The Balaban J connectivity index is 1.25. The van der Waals surface area contributed by atoms with Crippen LogP contribution in [0.4, 0.5) is 0 Å². The molecule has 5 rings (SSSR count). The third-order valence-electron chi connectivity index (χ3n) is 8.98. The summed E-state index contributed by atoms with van der Waals surface area (Å²) in [6.07, 6.45) is 8.58. The van der Waals surface area contributed by atoms with Crippen LogP contribution >= 0.6 is 0 Å². The van der Waals surface area contributed by atoms with Crippen molar-refractivity contribution in [2.24, 2.45) is 0 Å². The summed E-state index contributed by atoms with van der Waals surface area (Å²) in [7, 11) is 0. The first kappa shape index (κ1) is 33.4. The minimum atomic E-state index is 0.250. The lowest BCUT2D eigenvalue weighted by Gasteiger charge is -2.33. The van der Waals surface area contributed by atoms with Crippen molar-refractivity contribution in [3.05, 3.63) is 96.1 Å². The van der Waals surface area contributed by atoms with Crippen LogP contribution in [0.1, 0.15) is 76.3 Å². The Morgan fingerprint density at radius 2 is 0.978 bits per heavy atom. The van der Waals surface area contributed by atoms with Crippen molar-refractivity contribution in [3.8, 4) is 45.3 Å². The molecule has 1 aliphatic carbocycles. The number of aromatic hydroxyl groups is 2. The number of nitrogens with one attached hydrogen (secondary N) is 2. The number of phenols is 2. The van der Waals surface area contributed by atoms with Crippen LogP contribution in [0.3, 0.4) is 0 Å². The molecule has 46 heavy (non-hydrogen) atoms. The molecule has 1 aliphatic rings. The van der Waals surface area contributed by atoms with E-state index in [1.54, 1.807) is 0 Å². The van der Waals surface area contributed by atoms with Gasteiger partial charge in [-0.15, -0.1) is 0 Å². The number of hydrogen-bond donors (Lipinski definition) is 4. The van der Waals surface area contributed by atoms with Crippen molar-refractivity contribution in [1.82, 2.24) is 10.6 Å². The number of rotatable bonds is 16. The predicted octanol–water partition coefficient (Wildman–Crippen LogP) is 8.98. The maximum absolute atomic E-state index is 11.4. The molecule has 1 saturated carbocycles. The van der Waals surface area contributed by atoms with Gasteiger partial charge >= 0.3 is 0 Å². The fourth-order valence-electron chi connectivity index (χ4n) is 6.29. The third kappa shape index (κ3) is 8.42. The maximum Gasteiger partial charge on any atom is 0.128 e. The molecular weight excluding hydrogens is 572 g/mol. The predicted molar refractivity (Wildman–Crippen MR) is 188 cm³/mol. The second kappa shape index (κ2) is 17.1. The number of hydrogen-bond acceptors (Lipinski definition) is 6. The standard InChI is InChI=1S/C40H50N2O4/c1-3-5-25-45-37-23-11-7-17-31(37)33-19-13-15-29(39(33)43)27-41-35-21-9-10-22-36(35)42-28-30-16-14-20-34(40(30)44)32-18-8-12-24-38(32)46-26-6-4-2/h7-8,11-20,23-24,35-36,41-44H,3-6,9-10,21-22,25-28H2,1-2H3/t35-,36?/m1/s1. The number of unbranched alkanes of at least 4 members (excludes halogenated alkanes) is 2. The van der Waals surface area contributed by atoms with Gasteiger partial charge in [0.15, 0.2) is 0 Å². The molecule has 0 saturated heterocycles. The van der Waals surface area contributed by atoms with E-state index in [0.717, 1.165) is 83.4 Å². The van der Waals surface area contributed by atoms with Crippen LogP contribution in [0.5, 0.6) is 23.0 Å². The first-order valence-corrected chi connectivity index (χ1v) is 17.1. The summed E-state index contributed by atoms with van der Waals surface area (Å²) in [5, 5.41) is 30.2. The molecule has 0 radical (unpaired) electrons. The van der Waals surface area contributed by atoms with E-state index in [1.165, 1.54) is 12.8 Å². The van der Waals surface area contributed by atoms with E-state index in [1.807, 2.05) is 84.9 Å². The van der Waals surface area contributed by atoms with Crippen LogP contribution in [0, 0.1) is 0 Å². The Hall–Kier alpha value is -4.00. The van der Waals surface area contributed by atoms with Gasteiger partial charge in [0, 0.05) is 58.6 Å². The van der Waals surface area contributed by atoms with Crippen LogP contribution in [0.25, 0.3) is 22.3 Å². The molecular formula is C40H50N2O4. The molecule has 0 amide bonds. The fraction of sp³-hybridized carbons (Fsp3) is 0.400. The van der Waals surface area contributed by atoms with E-state index in [4.69, 9.17) is 9.47 Å². The van der Waals surface area contributed by atoms with Gasteiger partial charge in [0.2, 0.25) is 0 Å². The molecule has 2 atom stereocenters. The van der Waals surface area contributed by atoms with Crippen molar-refractivity contribution in [3.63, 3.8) is 0 Å². The lowest BCUT2D eigenvalue weighted by atomic mass is 9.89. The normalized spacial score (nSPS) is 16.3. The Labute approximate surface area is 274 Å². The van der Waals surface area contributed by atoms with E-state index in [-0.39, 0.29) is 12.1 Å². The number of phenolic OH excluding ortho intramolecular Hbond substituents is 2. The summed E-state index contributed by atoms with van der Waals surface area (Å²) < 4.78 is 12.1. The molecule has 4 aromatic rings. The van der Waals surface area contributed by atoms with Crippen molar-refractivity contribution < 1.29 is 19.7 Å². The molecule has 6 nitrogen and oxygen atoms in total. The lowest BCUT2D eigenvalue weighted by Crippen LogP contribution is -2.49. The van der Waals surface area contributed by atoms with Gasteiger partial charge in [-0.05, 0) is 37.8 Å². The van der Waals surface area contributed by atoms with E-state index in [0.29, 0.717) is 37.8 Å². The van der Waals surface area contributed by atoms with E-state index >= 15 is 0 Å². The zero-order chi connectivity index (χ0) is 32.1. The molecule has 0 aromatic heterocycles. The molecule has 6 heteroatoms. The average molecular weight is 623 g/mol. The Kier molecular flexibility index (Phi) is 12.4. The largest absolute Gasteiger partial charge is 0.507 e. The fourth-order valence-corrected chi connectivity index (χ4v) is 6.29. The maximum atomic E-state index is 11.4. The van der Waals surface area contributed by atoms with Crippen LogP contribution in [0.2, 0.25) is 0 Å². The Morgan fingerprint density at radius 1 is 0.565 bits per heavy atom. The van der Waals surface area contributed by atoms with Gasteiger partial charge in [-0.25, -0.2) is 0 Å². The zero-order valence-electron chi connectivity index (χ0n) is 27.4. The molecule has 4 N–H and O–H groups in total. The summed E-state index contributed by atoms with van der Waals surface area (Å²) in [6.45, 7) is 6.76. The second-order valence-electron chi connectivity index (χ2n) is 12.3. The van der Waals surface area contributed by atoms with Gasteiger partial charge in [-0.1, -0.05) is 112 Å². The lowest BCUT2D eigenvalue weighted by molar-refractivity contribution is 0.279. The summed E-state index contributed by atoms with van der Waals surface area (Å²) in [5.41, 5.74) is 5.14. The highest BCUT2D eigenvalue weighted by molar-refractivity contribution is 5.77. The molecule has 4 aromatic carbocycles. The van der Waals surface area contributed by atoms with Gasteiger partial charge in [0.1, 0.15) is 23.0 Å².